The van der Waals surface area contributed by atoms with E-state index < -0.39 is 0 Å². The predicted molar refractivity (Wildman–Crippen MR) is 100 cm³/mol. The molecule has 1 fully saturated rings. The Morgan fingerprint density at radius 3 is 2.37 bits per heavy atom. The summed E-state index contributed by atoms with van der Waals surface area (Å²) >= 11 is 5.90. The number of piperidine rings is 1. The quantitative estimate of drug-likeness (QED) is 0.792. The van der Waals surface area contributed by atoms with Gasteiger partial charge in [0.1, 0.15) is 5.82 Å². The third kappa shape index (κ3) is 3.56. The van der Waals surface area contributed by atoms with Crippen molar-refractivity contribution in [3.05, 3.63) is 46.5 Å². The molecule has 0 unspecified atom stereocenters. The fraction of sp³-hybridized carbons (Fsp3) is 0.474. The molecule has 1 aromatic carbocycles. The van der Waals surface area contributed by atoms with Gasteiger partial charge in [-0.25, -0.2) is 0 Å². The molecule has 0 bridgehead atoms. The zero-order valence-corrected chi connectivity index (χ0v) is 16.0. The average Bonchev–Trinajstić information content (AvgIpc) is 3.11. The number of amides is 2. The van der Waals surface area contributed by atoms with Crippen molar-refractivity contribution >= 4 is 23.4 Å². The van der Waals surface area contributed by atoms with E-state index in [9.17, 15) is 9.59 Å². The van der Waals surface area contributed by atoms with Gasteiger partial charge in [0.2, 0.25) is 5.91 Å². The molecule has 2 amide bonds. The molecule has 0 spiro atoms. The van der Waals surface area contributed by atoms with Crippen molar-refractivity contribution in [3.63, 3.8) is 0 Å². The standard InChI is InChI=1S/C19H22ClN5O2/c1-13(26)23-8-6-14(7-9-23)18-22-21-17-12-24(10-11-25(17)18)19(27)15-2-4-16(20)5-3-15/h2-5,14H,6-12H2,1H3. The van der Waals surface area contributed by atoms with E-state index in [2.05, 4.69) is 14.8 Å². The molecule has 0 atom stereocenters. The second kappa shape index (κ2) is 7.31. The van der Waals surface area contributed by atoms with Crippen LogP contribution < -0.4 is 0 Å². The number of carbonyl (C=O) groups excluding carboxylic acids is 2. The van der Waals surface area contributed by atoms with Crippen molar-refractivity contribution in [2.45, 2.75) is 38.8 Å². The van der Waals surface area contributed by atoms with Crippen LogP contribution in [-0.4, -0.2) is 56.0 Å². The maximum absolute atomic E-state index is 12.7. The van der Waals surface area contributed by atoms with E-state index in [1.165, 1.54) is 0 Å². The van der Waals surface area contributed by atoms with Gasteiger partial charge in [0.15, 0.2) is 5.82 Å². The van der Waals surface area contributed by atoms with Crippen LogP contribution in [0.25, 0.3) is 0 Å². The summed E-state index contributed by atoms with van der Waals surface area (Å²) in [6.07, 6.45) is 1.82. The minimum absolute atomic E-state index is 0.0165. The molecule has 3 heterocycles. The number of hydrogen-bond donors (Lipinski definition) is 0. The highest BCUT2D eigenvalue weighted by Crippen LogP contribution is 2.29. The highest BCUT2D eigenvalue weighted by molar-refractivity contribution is 6.30. The number of hydrogen-bond acceptors (Lipinski definition) is 4. The fourth-order valence-electron chi connectivity index (χ4n) is 3.88. The second-order valence-corrected chi connectivity index (χ2v) is 7.58. The molecule has 4 rings (SSSR count). The van der Waals surface area contributed by atoms with Crippen molar-refractivity contribution in [2.75, 3.05) is 19.6 Å². The van der Waals surface area contributed by atoms with Crippen LogP contribution in [-0.2, 0) is 17.9 Å². The monoisotopic (exact) mass is 387 g/mol. The second-order valence-electron chi connectivity index (χ2n) is 7.14. The van der Waals surface area contributed by atoms with Crippen molar-refractivity contribution in [3.8, 4) is 0 Å². The van der Waals surface area contributed by atoms with Gasteiger partial charge >= 0.3 is 0 Å². The Labute approximate surface area is 162 Å². The largest absolute Gasteiger partial charge is 0.343 e. The van der Waals surface area contributed by atoms with Gasteiger partial charge in [0.05, 0.1) is 6.54 Å². The fourth-order valence-corrected chi connectivity index (χ4v) is 4.01. The van der Waals surface area contributed by atoms with Crippen LogP contribution >= 0.6 is 11.6 Å². The SMILES string of the molecule is CC(=O)N1CCC(c2nnc3n2CCN(C(=O)c2ccc(Cl)cc2)C3)CC1. The van der Waals surface area contributed by atoms with Crippen LogP contribution in [0.1, 0.15) is 47.7 Å². The highest BCUT2D eigenvalue weighted by Gasteiger charge is 2.30. The van der Waals surface area contributed by atoms with Crippen LogP contribution in [0.15, 0.2) is 24.3 Å². The van der Waals surface area contributed by atoms with Crippen LogP contribution in [0.2, 0.25) is 5.02 Å². The number of benzene rings is 1. The van der Waals surface area contributed by atoms with Gasteiger partial charge in [-0.05, 0) is 37.1 Å². The van der Waals surface area contributed by atoms with E-state index in [1.54, 1.807) is 36.1 Å². The maximum atomic E-state index is 12.7. The number of nitrogens with zero attached hydrogens (tertiary/aromatic N) is 5. The molecule has 1 saturated heterocycles. The normalized spacial score (nSPS) is 17.7. The third-order valence-corrected chi connectivity index (χ3v) is 5.72. The average molecular weight is 388 g/mol. The number of likely N-dealkylation sites (tertiary alicyclic amines) is 1. The molecule has 0 aliphatic carbocycles. The molecule has 2 aliphatic heterocycles. The summed E-state index contributed by atoms with van der Waals surface area (Å²) in [5, 5.41) is 9.38. The Hall–Kier alpha value is -2.41. The number of halogens is 1. The molecule has 2 aliphatic rings. The third-order valence-electron chi connectivity index (χ3n) is 5.47. The summed E-state index contributed by atoms with van der Waals surface area (Å²) in [7, 11) is 0. The van der Waals surface area contributed by atoms with Crippen molar-refractivity contribution in [1.82, 2.24) is 24.6 Å². The molecular weight excluding hydrogens is 366 g/mol. The van der Waals surface area contributed by atoms with Gasteiger partial charge in [-0.3, -0.25) is 9.59 Å². The van der Waals surface area contributed by atoms with Crippen LogP contribution in [0, 0.1) is 0 Å². The first-order valence-corrected chi connectivity index (χ1v) is 9.63. The van der Waals surface area contributed by atoms with Gasteiger partial charge in [0.25, 0.3) is 5.91 Å². The lowest BCUT2D eigenvalue weighted by Crippen LogP contribution is -2.40. The molecule has 2 aromatic rings. The van der Waals surface area contributed by atoms with Gasteiger partial charge < -0.3 is 14.4 Å². The molecule has 0 radical (unpaired) electrons. The minimum atomic E-state index is -0.0165. The predicted octanol–water partition coefficient (Wildman–Crippen LogP) is 2.31. The lowest BCUT2D eigenvalue weighted by atomic mass is 9.95. The number of aromatic nitrogens is 3. The Morgan fingerprint density at radius 2 is 1.70 bits per heavy atom. The van der Waals surface area contributed by atoms with Gasteiger partial charge in [-0.2, -0.15) is 0 Å². The Morgan fingerprint density at radius 1 is 1.00 bits per heavy atom. The first-order valence-electron chi connectivity index (χ1n) is 9.25. The molecule has 0 N–H and O–H groups in total. The smallest absolute Gasteiger partial charge is 0.254 e. The first kappa shape index (κ1) is 18.0. The first-order chi connectivity index (χ1) is 13.0. The van der Waals surface area contributed by atoms with Crippen molar-refractivity contribution < 1.29 is 9.59 Å². The van der Waals surface area contributed by atoms with E-state index in [1.807, 2.05) is 4.90 Å². The summed E-state index contributed by atoms with van der Waals surface area (Å²) in [5.41, 5.74) is 0.629. The van der Waals surface area contributed by atoms with Gasteiger partial charge in [-0.1, -0.05) is 11.6 Å². The summed E-state index contributed by atoms with van der Waals surface area (Å²) in [4.78, 5) is 27.9. The van der Waals surface area contributed by atoms with Crippen molar-refractivity contribution in [2.24, 2.45) is 0 Å². The Bertz CT molecular complexity index is 855. The zero-order chi connectivity index (χ0) is 19.0. The molecule has 0 saturated carbocycles. The molecule has 142 valence electrons. The molecule has 8 heteroatoms. The minimum Gasteiger partial charge on any atom is -0.343 e. The van der Waals surface area contributed by atoms with E-state index >= 15 is 0 Å². The van der Waals surface area contributed by atoms with Crippen molar-refractivity contribution in [1.29, 1.82) is 0 Å². The highest BCUT2D eigenvalue weighted by atomic mass is 35.5. The summed E-state index contributed by atoms with van der Waals surface area (Å²) in [6.45, 7) is 4.94. The molecule has 7 nitrogen and oxygen atoms in total. The van der Waals surface area contributed by atoms with E-state index in [0.29, 0.717) is 36.1 Å². The summed E-state index contributed by atoms with van der Waals surface area (Å²) < 4.78 is 2.15. The number of carbonyl (C=O) groups is 2. The van der Waals surface area contributed by atoms with Crippen LogP contribution in [0.5, 0.6) is 0 Å². The topological polar surface area (TPSA) is 71.3 Å². The number of fused-ring (bicyclic) bond motifs is 1. The lowest BCUT2D eigenvalue weighted by molar-refractivity contribution is -0.129. The van der Waals surface area contributed by atoms with E-state index in [4.69, 9.17) is 11.6 Å². The summed E-state index contributed by atoms with van der Waals surface area (Å²) in [6, 6.07) is 6.95. The summed E-state index contributed by atoms with van der Waals surface area (Å²) in [5.74, 6) is 2.25. The van der Waals surface area contributed by atoms with Gasteiger partial charge in [-0.15, -0.1) is 10.2 Å². The number of rotatable bonds is 2. The molecular formula is C19H22ClN5O2. The zero-order valence-electron chi connectivity index (χ0n) is 15.3. The lowest BCUT2D eigenvalue weighted by Gasteiger charge is -2.32. The Balaban J connectivity index is 1.45. The van der Waals surface area contributed by atoms with Crippen LogP contribution in [0.3, 0.4) is 0 Å². The van der Waals surface area contributed by atoms with Crippen LogP contribution in [0.4, 0.5) is 0 Å². The molecule has 1 aromatic heterocycles. The van der Waals surface area contributed by atoms with E-state index in [-0.39, 0.29) is 11.8 Å². The Kier molecular flexibility index (Phi) is 4.86. The van der Waals surface area contributed by atoms with E-state index in [0.717, 1.165) is 37.6 Å². The van der Waals surface area contributed by atoms with Gasteiger partial charge in [0, 0.05) is 49.6 Å². The maximum Gasteiger partial charge on any atom is 0.254 e. The molecule has 27 heavy (non-hydrogen) atoms.